The van der Waals surface area contributed by atoms with E-state index in [0.717, 1.165) is 29.5 Å². The molecule has 0 amide bonds. The van der Waals surface area contributed by atoms with Gasteiger partial charge in [-0.3, -0.25) is 0 Å². The Bertz CT molecular complexity index is 719. The quantitative estimate of drug-likeness (QED) is 0.818. The van der Waals surface area contributed by atoms with E-state index in [1.165, 1.54) is 0 Å². The van der Waals surface area contributed by atoms with E-state index in [1.807, 2.05) is 50.2 Å². The van der Waals surface area contributed by atoms with Gasteiger partial charge in [0, 0.05) is 6.04 Å². The van der Waals surface area contributed by atoms with Crippen LogP contribution in [0.5, 0.6) is 0 Å². The lowest BCUT2D eigenvalue weighted by molar-refractivity contribution is 0.550. The van der Waals surface area contributed by atoms with E-state index in [9.17, 15) is 8.42 Å². The molecule has 0 radical (unpaired) electrons. The van der Waals surface area contributed by atoms with E-state index in [-0.39, 0.29) is 6.04 Å². The van der Waals surface area contributed by atoms with Gasteiger partial charge in [-0.25, -0.2) is 13.1 Å². The van der Waals surface area contributed by atoms with Crippen LogP contribution in [0, 0.1) is 6.92 Å². The SMILES string of the molecule is CCCc1ccc(S(=O)(=O)NC(CC)c2ccc(C)cc2)cc1. The molecule has 0 spiro atoms. The molecule has 0 aliphatic carbocycles. The van der Waals surface area contributed by atoms with Crippen molar-refractivity contribution in [2.45, 2.75) is 51.0 Å². The Morgan fingerprint density at radius 2 is 1.57 bits per heavy atom. The molecule has 0 bridgehead atoms. The van der Waals surface area contributed by atoms with Crippen LogP contribution in [-0.4, -0.2) is 8.42 Å². The third-order valence-electron chi connectivity index (χ3n) is 3.96. The molecule has 0 aliphatic rings. The van der Waals surface area contributed by atoms with E-state index in [0.29, 0.717) is 11.3 Å². The van der Waals surface area contributed by atoms with Gasteiger partial charge in [0.2, 0.25) is 10.0 Å². The molecule has 0 aromatic heterocycles. The Hall–Kier alpha value is -1.65. The highest BCUT2D eigenvalue weighted by Gasteiger charge is 2.20. The third-order valence-corrected chi connectivity index (χ3v) is 5.45. The Morgan fingerprint density at radius 1 is 0.957 bits per heavy atom. The highest BCUT2D eigenvalue weighted by Crippen LogP contribution is 2.21. The van der Waals surface area contributed by atoms with Crippen LogP contribution in [0.1, 0.15) is 49.4 Å². The van der Waals surface area contributed by atoms with Crippen molar-refractivity contribution >= 4 is 10.0 Å². The summed E-state index contributed by atoms with van der Waals surface area (Å²) in [6.45, 7) is 6.11. The first-order chi connectivity index (χ1) is 11.0. The van der Waals surface area contributed by atoms with E-state index in [1.54, 1.807) is 12.1 Å². The molecule has 0 saturated carbocycles. The number of aryl methyl sites for hydroxylation is 2. The summed E-state index contributed by atoms with van der Waals surface area (Å²) in [5.74, 6) is 0. The fourth-order valence-electron chi connectivity index (χ4n) is 2.57. The van der Waals surface area contributed by atoms with Gasteiger partial charge in [0.15, 0.2) is 0 Å². The summed E-state index contributed by atoms with van der Waals surface area (Å²) in [5, 5.41) is 0. The fourth-order valence-corrected chi connectivity index (χ4v) is 3.87. The zero-order valence-electron chi connectivity index (χ0n) is 14.0. The second-order valence-electron chi connectivity index (χ2n) is 5.89. The summed E-state index contributed by atoms with van der Waals surface area (Å²) in [5.41, 5.74) is 3.32. The Kier molecular flexibility index (Phi) is 5.97. The van der Waals surface area contributed by atoms with Crippen LogP contribution in [0.25, 0.3) is 0 Å². The van der Waals surface area contributed by atoms with E-state index in [2.05, 4.69) is 11.6 Å². The standard InChI is InChI=1S/C19H25NO2S/c1-4-6-16-9-13-18(14-10-16)23(21,22)20-19(5-2)17-11-7-15(3)8-12-17/h7-14,19-20H,4-6H2,1-3H3. The summed E-state index contributed by atoms with van der Waals surface area (Å²) < 4.78 is 28.0. The summed E-state index contributed by atoms with van der Waals surface area (Å²) in [7, 11) is -3.51. The van der Waals surface area contributed by atoms with Crippen LogP contribution in [-0.2, 0) is 16.4 Å². The molecule has 2 aromatic rings. The molecular formula is C19H25NO2S. The van der Waals surface area contributed by atoms with Crippen molar-refractivity contribution in [1.82, 2.24) is 4.72 Å². The number of hydrogen-bond donors (Lipinski definition) is 1. The van der Waals surface area contributed by atoms with Crippen molar-refractivity contribution in [3.63, 3.8) is 0 Å². The van der Waals surface area contributed by atoms with Gasteiger partial charge in [-0.1, -0.05) is 62.2 Å². The van der Waals surface area contributed by atoms with Gasteiger partial charge in [0.1, 0.15) is 0 Å². The highest BCUT2D eigenvalue weighted by molar-refractivity contribution is 7.89. The molecule has 2 rings (SSSR count). The molecule has 1 unspecified atom stereocenters. The van der Waals surface area contributed by atoms with Crippen LogP contribution >= 0.6 is 0 Å². The second-order valence-corrected chi connectivity index (χ2v) is 7.60. The van der Waals surface area contributed by atoms with Gasteiger partial charge in [-0.05, 0) is 43.0 Å². The van der Waals surface area contributed by atoms with Gasteiger partial charge in [0.25, 0.3) is 0 Å². The smallest absolute Gasteiger partial charge is 0.207 e. The molecule has 4 heteroatoms. The van der Waals surface area contributed by atoms with Crippen LogP contribution < -0.4 is 4.72 Å². The van der Waals surface area contributed by atoms with Gasteiger partial charge in [0.05, 0.1) is 4.90 Å². The molecule has 23 heavy (non-hydrogen) atoms. The van der Waals surface area contributed by atoms with Crippen molar-refractivity contribution in [1.29, 1.82) is 0 Å². The molecule has 0 heterocycles. The first-order valence-electron chi connectivity index (χ1n) is 8.14. The average molecular weight is 331 g/mol. The minimum absolute atomic E-state index is 0.212. The van der Waals surface area contributed by atoms with Gasteiger partial charge >= 0.3 is 0 Å². The molecule has 0 fully saturated rings. The maximum atomic E-state index is 12.6. The maximum absolute atomic E-state index is 12.6. The maximum Gasteiger partial charge on any atom is 0.241 e. The van der Waals surface area contributed by atoms with Crippen molar-refractivity contribution < 1.29 is 8.42 Å². The number of rotatable bonds is 7. The summed E-state index contributed by atoms with van der Waals surface area (Å²) in [6, 6.07) is 14.9. The minimum Gasteiger partial charge on any atom is -0.207 e. The summed E-state index contributed by atoms with van der Waals surface area (Å²) >= 11 is 0. The van der Waals surface area contributed by atoms with Crippen LogP contribution in [0.3, 0.4) is 0 Å². The number of sulfonamides is 1. The molecule has 0 saturated heterocycles. The van der Waals surface area contributed by atoms with Crippen LogP contribution in [0.2, 0.25) is 0 Å². The molecule has 1 N–H and O–H groups in total. The predicted octanol–water partition coefficient (Wildman–Crippen LogP) is 4.38. The largest absolute Gasteiger partial charge is 0.241 e. The number of hydrogen-bond acceptors (Lipinski definition) is 2. The van der Waals surface area contributed by atoms with Gasteiger partial charge in [-0.2, -0.15) is 0 Å². The van der Waals surface area contributed by atoms with Gasteiger partial charge < -0.3 is 0 Å². The van der Waals surface area contributed by atoms with Crippen LogP contribution in [0.4, 0.5) is 0 Å². The molecular weight excluding hydrogens is 306 g/mol. The van der Waals surface area contributed by atoms with Crippen molar-refractivity contribution in [3.8, 4) is 0 Å². The summed E-state index contributed by atoms with van der Waals surface area (Å²) in [6.07, 6.45) is 2.72. The first-order valence-corrected chi connectivity index (χ1v) is 9.62. The monoisotopic (exact) mass is 331 g/mol. The first kappa shape index (κ1) is 17.7. The third kappa shape index (κ3) is 4.66. The zero-order valence-corrected chi connectivity index (χ0v) is 14.9. The minimum atomic E-state index is -3.51. The highest BCUT2D eigenvalue weighted by atomic mass is 32.2. The average Bonchev–Trinajstić information content (AvgIpc) is 2.54. The van der Waals surface area contributed by atoms with Gasteiger partial charge in [-0.15, -0.1) is 0 Å². The molecule has 0 aliphatic heterocycles. The molecule has 1 atom stereocenters. The lowest BCUT2D eigenvalue weighted by Gasteiger charge is -2.18. The Balaban J connectivity index is 2.19. The Labute approximate surface area is 139 Å². The lowest BCUT2D eigenvalue weighted by atomic mass is 10.0. The van der Waals surface area contributed by atoms with E-state index in [4.69, 9.17) is 0 Å². The fraction of sp³-hybridized carbons (Fsp3) is 0.368. The normalized spacial score (nSPS) is 13.0. The summed E-state index contributed by atoms with van der Waals surface area (Å²) in [4.78, 5) is 0.322. The van der Waals surface area contributed by atoms with Crippen molar-refractivity contribution in [3.05, 3.63) is 65.2 Å². The van der Waals surface area contributed by atoms with Crippen molar-refractivity contribution in [2.75, 3.05) is 0 Å². The molecule has 3 nitrogen and oxygen atoms in total. The second kappa shape index (κ2) is 7.75. The van der Waals surface area contributed by atoms with E-state index < -0.39 is 10.0 Å². The van der Waals surface area contributed by atoms with E-state index >= 15 is 0 Å². The lowest BCUT2D eigenvalue weighted by Crippen LogP contribution is -2.28. The number of nitrogens with one attached hydrogen (secondary N) is 1. The van der Waals surface area contributed by atoms with Crippen molar-refractivity contribution in [2.24, 2.45) is 0 Å². The molecule has 124 valence electrons. The topological polar surface area (TPSA) is 46.2 Å². The molecule has 2 aromatic carbocycles. The zero-order chi connectivity index (χ0) is 16.9. The van der Waals surface area contributed by atoms with Crippen LogP contribution in [0.15, 0.2) is 53.4 Å². The predicted molar refractivity (Wildman–Crippen MR) is 95.0 cm³/mol. The number of benzene rings is 2. The Morgan fingerprint density at radius 3 is 2.09 bits per heavy atom.